The summed E-state index contributed by atoms with van der Waals surface area (Å²) < 4.78 is 27.9. The zero-order valence-electron chi connectivity index (χ0n) is 12.4. The van der Waals surface area contributed by atoms with Crippen LogP contribution >= 0.6 is 0 Å². The highest BCUT2D eigenvalue weighted by atomic mass is 19.2. The third-order valence-corrected chi connectivity index (χ3v) is 3.55. The highest BCUT2D eigenvalue weighted by molar-refractivity contribution is 5.28. The van der Waals surface area contributed by atoms with E-state index in [1.165, 1.54) is 0 Å². The summed E-state index contributed by atoms with van der Waals surface area (Å²) >= 11 is 0. The second kappa shape index (κ2) is 7.27. The number of halogens is 2. The molecule has 21 heavy (non-hydrogen) atoms. The maximum Gasteiger partial charge on any atom is 0.163 e. The Hall–Kier alpha value is -1.81. The summed E-state index contributed by atoms with van der Waals surface area (Å²) in [5, 5.41) is 3.22. The highest BCUT2D eigenvalue weighted by Crippen LogP contribution is 2.25. The molecule has 0 fully saturated rings. The Labute approximate surface area is 124 Å². The molecule has 0 spiro atoms. The zero-order valence-corrected chi connectivity index (χ0v) is 12.4. The monoisotopic (exact) mass is 290 g/mol. The third kappa shape index (κ3) is 3.85. The van der Waals surface area contributed by atoms with Gasteiger partial charge in [0.2, 0.25) is 0 Å². The van der Waals surface area contributed by atoms with Gasteiger partial charge in [-0.3, -0.25) is 4.98 Å². The molecule has 0 aliphatic rings. The molecule has 1 N–H and O–H groups in total. The van der Waals surface area contributed by atoms with E-state index in [9.17, 15) is 8.78 Å². The van der Waals surface area contributed by atoms with Crippen LogP contribution in [0, 0.1) is 18.6 Å². The first-order valence-corrected chi connectivity index (χ1v) is 7.21. The number of hydrogen-bond acceptors (Lipinski definition) is 2. The van der Waals surface area contributed by atoms with E-state index in [0.29, 0.717) is 30.5 Å². The van der Waals surface area contributed by atoms with Crippen LogP contribution in [0.1, 0.15) is 36.2 Å². The summed E-state index contributed by atoms with van der Waals surface area (Å²) in [4.78, 5) is 4.26. The van der Waals surface area contributed by atoms with Crippen LogP contribution in [-0.2, 0) is 6.42 Å². The minimum Gasteiger partial charge on any atom is -0.310 e. The fourth-order valence-electron chi connectivity index (χ4n) is 2.38. The smallest absolute Gasteiger partial charge is 0.163 e. The predicted molar refractivity (Wildman–Crippen MR) is 80.1 cm³/mol. The molecule has 2 nitrogen and oxygen atoms in total. The molecule has 0 radical (unpaired) electrons. The van der Waals surface area contributed by atoms with E-state index in [1.807, 2.05) is 25.1 Å². The van der Waals surface area contributed by atoms with Crippen LogP contribution < -0.4 is 5.32 Å². The predicted octanol–water partition coefficient (Wildman–Crippen LogP) is 3.95. The van der Waals surface area contributed by atoms with E-state index in [0.717, 1.165) is 5.69 Å². The first kappa shape index (κ1) is 15.6. The first-order valence-electron chi connectivity index (χ1n) is 7.21. The zero-order chi connectivity index (χ0) is 15.2. The summed E-state index contributed by atoms with van der Waals surface area (Å²) in [6, 6.07) is 8.80. The quantitative estimate of drug-likeness (QED) is 0.871. The Bertz CT molecular complexity index is 585. The van der Waals surface area contributed by atoms with E-state index >= 15 is 0 Å². The number of nitrogens with one attached hydrogen (secondary N) is 1. The number of rotatable bonds is 6. The number of nitrogens with zero attached hydrogens (tertiary/aromatic N) is 1. The van der Waals surface area contributed by atoms with Crippen LogP contribution in [0.3, 0.4) is 0 Å². The van der Waals surface area contributed by atoms with Gasteiger partial charge < -0.3 is 5.32 Å². The van der Waals surface area contributed by atoms with Crippen molar-refractivity contribution in [2.45, 2.75) is 32.7 Å². The van der Waals surface area contributed by atoms with E-state index in [-0.39, 0.29) is 6.04 Å². The Morgan fingerprint density at radius 2 is 1.95 bits per heavy atom. The second-order valence-electron chi connectivity index (χ2n) is 5.07. The molecule has 1 heterocycles. The largest absolute Gasteiger partial charge is 0.310 e. The molecule has 0 saturated heterocycles. The number of aryl methyl sites for hydroxylation is 2. The molecule has 0 bridgehead atoms. The average molecular weight is 290 g/mol. The second-order valence-corrected chi connectivity index (χ2v) is 5.07. The Balaban J connectivity index is 2.17. The number of benzene rings is 1. The lowest BCUT2D eigenvalue weighted by molar-refractivity contribution is 0.449. The van der Waals surface area contributed by atoms with Crippen LogP contribution in [0.25, 0.3) is 0 Å². The van der Waals surface area contributed by atoms with Crippen molar-refractivity contribution in [3.8, 4) is 0 Å². The normalized spacial score (nSPS) is 12.4. The van der Waals surface area contributed by atoms with E-state index in [4.69, 9.17) is 0 Å². The molecule has 0 amide bonds. The fourth-order valence-corrected chi connectivity index (χ4v) is 2.38. The third-order valence-electron chi connectivity index (χ3n) is 3.55. The maximum atomic E-state index is 14.1. The van der Waals surface area contributed by atoms with Gasteiger partial charge in [-0.15, -0.1) is 0 Å². The number of hydrogen-bond donors (Lipinski definition) is 1. The molecule has 2 aromatic rings. The van der Waals surface area contributed by atoms with Crippen LogP contribution in [0.15, 0.2) is 36.5 Å². The van der Waals surface area contributed by atoms with Crippen LogP contribution in [0.5, 0.6) is 0 Å². The first-order chi connectivity index (χ1) is 10.1. The SMILES string of the molecule is CCNC(CCc1ccccn1)c1ccc(C)c(F)c1F. The van der Waals surface area contributed by atoms with Gasteiger partial charge in [0.25, 0.3) is 0 Å². The van der Waals surface area contributed by atoms with Crippen molar-refractivity contribution < 1.29 is 8.78 Å². The Morgan fingerprint density at radius 1 is 1.14 bits per heavy atom. The van der Waals surface area contributed by atoms with Crippen LogP contribution in [0.4, 0.5) is 8.78 Å². The minimum atomic E-state index is -0.756. The van der Waals surface area contributed by atoms with Crippen molar-refractivity contribution in [2.75, 3.05) is 6.54 Å². The molecule has 2 rings (SSSR count). The highest BCUT2D eigenvalue weighted by Gasteiger charge is 2.19. The summed E-state index contributed by atoms with van der Waals surface area (Å²) in [6.07, 6.45) is 3.13. The summed E-state index contributed by atoms with van der Waals surface area (Å²) in [7, 11) is 0. The molecule has 112 valence electrons. The molecule has 4 heteroatoms. The van der Waals surface area contributed by atoms with Crippen molar-refractivity contribution in [3.05, 3.63) is 65.0 Å². The molecule has 1 atom stereocenters. The van der Waals surface area contributed by atoms with Gasteiger partial charge in [-0.25, -0.2) is 8.78 Å². The fraction of sp³-hybridized carbons (Fsp3) is 0.353. The molecule has 0 aliphatic carbocycles. The Kier molecular flexibility index (Phi) is 5.39. The van der Waals surface area contributed by atoms with Gasteiger partial charge in [-0.05, 0) is 44.0 Å². The topological polar surface area (TPSA) is 24.9 Å². The number of pyridine rings is 1. The molecule has 1 aromatic carbocycles. The lowest BCUT2D eigenvalue weighted by Crippen LogP contribution is -2.23. The van der Waals surface area contributed by atoms with Gasteiger partial charge in [0.15, 0.2) is 11.6 Å². The number of aromatic nitrogens is 1. The lowest BCUT2D eigenvalue weighted by atomic mass is 9.98. The van der Waals surface area contributed by atoms with Crippen LogP contribution in [-0.4, -0.2) is 11.5 Å². The molecular formula is C17H20F2N2. The van der Waals surface area contributed by atoms with E-state index in [2.05, 4.69) is 10.3 Å². The summed E-state index contributed by atoms with van der Waals surface area (Å²) in [6.45, 7) is 4.22. The van der Waals surface area contributed by atoms with Crippen molar-refractivity contribution in [1.82, 2.24) is 10.3 Å². The lowest BCUT2D eigenvalue weighted by Gasteiger charge is -2.19. The standard InChI is InChI=1S/C17H20F2N2/c1-3-20-15(10-8-13-6-4-5-11-21-13)14-9-7-12(2)16(18)17(14)19/h4-7,9,11,15,20H,3,8,10H2,1-2H3. The average Bonchev–Trinajstić information content (AvgIpc) is 2.51. The maximum absolute atomic E-state index is 14.1. The van der Waals surface area contributed by atoms with Crippen molar-refractivity contribution in [1.29, 1.82) is 0 Å². The van der Waals surface area contributed by atoms with Gasteiger partial charge >= 0.3 is 0 Å². The minimum absolute atomic E-state index is 0.216. The van der Waals surface area contributed by atoms with Crippen molar-refractivity contribution in [2.24, 2.45) is 0 Å². The molecule has 1 unspecified atom stereocenters. The van der Waals surface area contributed by atoms with E-state index < -0.39 is 11.6 Å². The van der Waals surface area contributed by atoms with Gasteiger partial charge in [-0.1, -0.05) is 25.1 Å². The van der Waals surface area contributed by atoms with Gasteiger partial charge in [-0.2, -0.15) is 0 Å². The molecule has 0 saturated carbocycles. The molecule has 1 aromatic heterocycles. The van der Waals surface area contributed by atoms with Gasteiger partial charge in [0.1, 0.15) is 0 Å². The molecular weight excluding hydrogens is 270 g/mol. The van der Waals surface area contributed by atoms with Crippen molar-refractivity contribution in [3.63, 3.8) is 0 Å². The Morgan fingerprint density at radius 3 is 2.62 bits per heavy atom. The van der Waals surface area contributed by atoms with Crippen LogP contribution in [0.2, 0.25) is 0 Å². The van der Waals surface area contributed by atoms with Gasteiger partial charge in [0.05, 0.1) is 0 Å². The van der Waals surface area contributed by atoms with Gasteiger partial charge in [0, 0.05) is 23.5 Å². The summed E-state index contributed by atoms with van der Waals surface area (Å²) in [5.74, 6) is -1.50. The van der Waals surface area contributed by atoms with Crippen molar-refractivity contribution >= 4 is 0 Å². The molecule has 0 aliphatic heterocycles. The summed E-state index contributed by atoms with van der Waals surface area (Å²) in [5.41, 5.74) is 1.67. The van der Waals surface area contributed by atoms with E-state index in [1.54, 1.807) is 25.3 Å².